The molecule has 0 bridgehead atoms. The van der Waals surface area contributed by atoms with Crippen LogP contribution in [0.5, 0.6) is 5.75 Å². The maximum absolute atomic E-state index is 12.5. The molecule has 1 atom stereocenters. The summed E-state index contributed by atoms with van der Waals surface area (Å²) in [4.78, 5) is 37.3. The van der Waals surface area contributed by atoms with Crippen LogP contribution in [0.1, 0.15) is 18.0 Å². The summed E-state index contributed by atoms with van der Waals surface area (Å²) in [5.74, 6) is 0.624. The van der Waals surface area contributed by atoms with E-state index < -0.39 is 0 Å². The molecule has 0 spiro atoms. The molecule has 1 unspecified atom stereocenters. The number of aromatic nitrogens is 4. The summed E-state index contributed by atoms with van der Waals surface area (Å²) in [6, 6.07) is 7.49. The molecule has 1 aliphatic heterocycles. The van der Waals surface area contributed by atoms with Crippen molar-refractivity contribution >= 4 is 17.1 Å². The lowest BCUT2D eigenvalue weighted by Crippen LogP contribution is -2.34. The van der Waals surface area contributed by atoms with Crippen LogP contribution in [0.25, 0.3) is 11.2 Å². The van der Waals surface area contributed by atoms with E-state index in [0.717, 1.165) is 5.56 Å². The Balaban J connectivity index is 1.45. The fourth-order valence-electron chi connectivity index (χ4n) is 3.34. The highest BCUT2D eigenvalue weighted by Crippen LogP contribution is 2.23. The van der Waals surface area contributed by atoms with E-state index in [0.29, 0.717) is 36.4 Å². The fraction of sp³-hybridized carbons (Fsp3) is 0.333. The van der Waals surface area contributed by atoms with Gasteiger partial charge >= 0.3 is 5.69 Å². The zero-order valence-electron chi connectivity index (χ0n) is 14.4. The normalized spacial score (nSPS) is 17.0. The molecule has 0 radical (unpaired) electrons. The second-order valence-electron chi connectivity index (χ2n) is 6.40. The standard InChI is InChI=1S/C18H19N5O3/c1-12-4-2-3-5-15(12)26-10-16(24)22-7-6-13(9-22)23-17-14(21-18(23)25)8-19-11-20-17/h2-5,8,11,13H,6-7,9-10H2,1H3,(H,21,25). The van der Waals surface area contributed by atoms with Gasteiger partial charge in [-0.1, -0.05) is 18.2 Å². The second-order valence-corrected chi connectivity index (χ2v) is 6.40. The molecular weight excluding hydrogens is 334 g/mol. The van der Waals surface area contributed by atoms with Gasteiger partial charge in [0.2, 0.25) is 0 Å². The SMILES string of the molecule is Cc1ccccc1OCC(=O)N1CCC(n2c(=O)[nH]c3cncnc32)C1. The number of carbonyl (C=O) groups is 1. The average molecular weight is 353 g/mol. The maximum Gasteiger partial charge on any atom is 0.328 e. The number of aryl methyl sites for hydroxylation is 1. The van der Waals surface area contributed by atoms with Gasteiger partial charge in [-0.15, -0.1) is 0 Å². The summed E-state index contributed by atoms with van der Waals surface area (Å²) < 4.78 is 7.26. The van der Waals surface area contributed by atoms with Crippen LogP contribution in [0.15, 0.2) is 41.6 Å². The number of nitrogens with zero attached hydrogens (tertiary/aromatic N) is 4. The molecule has 4 rings (SSSR count). The average Bonchev–Trinajstić information content (AvgIpc) is 3.24. The zero-order valence-corrected chi connectivity index (χ0v) is 14.4. The van der Waals surface area contributed by atoms with Gasteiger partial charge < -0.3 is 14.6 Å². The maximum atomic E-state index is 12.5. The van der Waals surface area contributed by atoms with Crippen molar-refractivity contribution in [1.29, 1.82) is 0 Å². The molecule has 1 aromatic carbocycles. The molecule has 1 N–H and O–H groups in total. The Morgan fingerprint density at radius 3 is 3.08 bits per heavy atom. The number of hydrogen-bond acceptors (Lipinski definition) is 5. The first-order chi connectivity index (χ1) is 12.6. The van der Waals surface area contributed by atoms with Crippen molar-refractivity contribution in [2.45, 2.75) is 19.4 Å². The largest absolute Gasteiger partial charge is 0.484 e. The Kier molecular flexibility index (Phi) is 4.16. The minimum atomic E-state index is -0.226. The van der Waals surface area contributed by atoms with Crippen molar-refractivity contribution in [1.82, 2.24) is 24.4 Å². The van der Waals surface area contributed by atoms with Gasteiger partial charge in [-0.3, -0.25) is 9.36 Å². The van der Waals surface area contributed by atoms with Crippen LogP contribution in [0.4, 0.5) is 0 Å². The first-order valence-electron chi connectivity index (χ1n) is 8.50. The Morgan fingerprint density at radius 1 is 1.38 bits per heavy atom. The van der Waals surface area contributed by atoms with E-state index in [1.165, 1.54) is 6.33 Å². The van der Waals surface area contributed by atoms with E-state index in [-0.39, 0.29) is 24.2 Å². The smallest absolute Gasteiger partial charge is 0.328 e. The highest BCUT2D eigenvalue weighted by Gasteiger charge is 2.30. The number of ether oxygens (including phenoxy) is 1. The number of fused-ring (bicyclic) bond motifs is 1. The number of aromatic amines is 1. The summed E-state index contributed by atoms with van der Waals surface area (Å²) in [6.45, 7) is 2.98. The van der Waals surface area contributed by atoms with Crippen LogP contribution < -0.4 is 10.4 Å². The van der Waals surface area contributed by atoms with Gasteiger partial charge in [-0.2, -0.15) is 0 Å². The molecule has 2 aromatic heterocycles. The van der Waals surface area contributed by atoms with E-state index in [4.69, 9.17) is 4.74 Å². The molecule has 3 heterocycles. The lowest BCUT2D eigenvalue weighted by atomic mass is 10.2. The van der Waals surface area contributed by atoms with Gasteiger partial charge in [0.1, 0.15) is 17.6 Å². The third kappa shape index (κ3) is 2.94. The number of hydrogen-bond donors (Lipinski definition) is 1. The summed E-state index contributed by atoms with van der Waals surface area (Å²) in [5, 5.41) is 0. The molecule has 1 aliphatic rings. The molecule has 1 amide bonds. The summed E-state index contributed by atoms with van der Waals surface area (Å²) in [6.07, 6.45) is 3.70. The topological polar surface area (TPSA) is 93.1 Å². The van der Waals surface area contributed by atoms with Gasteiger partial charge in [0.25, 0.3) is 5.91 Å². The van der Waals surface area contributed by atoms with E-state index in [9.17, 15) is 9.59 Å². The Bertz CT molecular complexity index is 1010. The number of likely N-dealkylation sites (tertiary alicyclic amines) is 1. The highest BCUT2D eigenvalue weighted by atomic mass is 16.5. The molecule has 0 aliphatic carbocycles. The van der Waals surface area contributed by atoms with Gasteiger partial charge in [-0.25, -0.2) is 14.8 Å². The molecule has 1 saturated heterocycles. The van der Waals surface area contributed by atoms with Crippen LogP contribution in [0, 0.1) is 6.92 Å². The molecule has 1 fully saturated rings. The van der Waals surface area contributed by atoms with E-state index in [1.54, 1.807) is 15.7 Å². The van der Waals surface area contributed by atoms with Crippen molar-refractivity contribution in [3.05, 3.63) is 52.8 Å². The van der Waals surface area contributed by atoms with Gasteiger partial charge in [0.15, 0.2) is 12.3 Å². The minimum absolute atomic E-state index is 0.0114. The van der Waals surface area contributed by atoms with E-state index in [1.807, 2.05) is 31.2 Å². The third-order valence-corrected chi connectivity index (χ3v) is 4.71. The van der Waals surface area contributed by atoms with Crippen LogP contribution in [-0.4, -0.2) is 50.0 Å². The Labute approximate surface area is 149 Å². The van der Waals surface area contributed by atoms with Crippen molar-refractivity contribution in [2.75, 3.05) is 19.7 Å². The Morgan fingerprint density at radius 2 is 2.23 bits per heavy atom. The summed E-state index contributed by atoms with van der Waals surface area (Å²) in [7, 11) is 0. The molecule has 26 heavy (non-hydrogen) atoms. The Hall–Kier alpha value is -3.16. The number of imidazole rings is 1. The predicted molar refractivity (Wildman–Crippen MR) is 95.1 cm³/mol. The fourth-order valence-corrected chi connectivity index (χ4v) is 3.34. The molecule has 134 valence electrons. The number of nitrogens with one attached hydrogen (secondary N) is 1. The minimum Gasteiger partial charge on any atom is -0.484 e. The van der Waals surface area contributed by atoms with Gasteiger partial charge in [0.05, 0.1) is 12.2 Å². The van der Waals surface area contributed by atoms with Crippen LogP contribution >= 0.6 is 0 Å². The van der Waals surface area contributed by atoms with Crippen molar-refractivity contribution in [2.24, 2.45) is 0 Å². The molecule has 3 aromatic rings. The van der Waals surface area contributed by atoms with Crippen LogP contribution in [0.2, 0.25) is 0 Å². The molecular formula is C18H19N5O3. The van der Waals surface area contributed by atoms with E-state index in [2.05, 4.69) is 15.0 Å². The van der Waals surface area contributed by atoms with Crippen molar-refractivity contribution < 1.29 is 9.53 Å². The van der Waals surface area contributed by atoms with Gasteiger partial charge in [0, 0.05) is 13.1 Å². The number of amides is 1. The summed E-state index contributed by atoms with van der Waals surface area (Å²) >= 11 is 0. The number of para-hydroxylation sites is 1. The number of H-pyrrole nitrogens is 1. The number of benzene rings is 1. The zero-order chi connectivity index (χ0) is 18.1. The summed E-state index contributed by atoms with van der Waals surface area (Å²) in [5.41, 5.74) is 1.94. The van der Waals surface area contributed by atoms with Crippen LogP contribution in [0.3, 0.4) is 0 Å². The second kappa shape index (κ2) is 6.62. The van der Waals surface area contributed by atoms with Crippen LogP contribution in [-0.2, 0) is 4.79 Å². The predicted octanol–water partition coefficient (Wildman–Crippen LogP) is 1.28. The van der Waals surface area contributed by atoms with Crippen molar-refractivity contribution in [3.8, 4) is 5.75 Å². The highest BCUT2D eigenvalue weighted by molar-refractivity contribution is 5.78. The first-order valence-corrected chi connectivity index (χ1v) is 8.50. The van der Waals surface area contributed by atoms with E-state index >= 15 is 0 Å². The van der Waals surface area contributed by atoms with Gasteiger partial charge in [-0.05, 0) is 25.0 Å². The third-order valence-electron chi connectivity index (χ3n) is 4.71. The lowest BCUT2D eigenvalue weighted by Gasteiger charge is -2.17. The lowest BCUT2D eigenvalue weighted by molar-refractivity contribution is -0.132. The number of rotatable bonds is 4. The molecule has 8 nitrogen and oxygen atoms in total. The first kappa shape index (κ1) is 16.3. The molecule has 8 heteroatoms. The molecule has 0 saturated carbocycles. The monoisotopic (exact) mass is 353 g/mol. The van der Waals surface area contributed by atoms with Crippen molar-refractivity contribution in [3.63, 3.8) is 0 Å². The quantitative estimate of drug-likeness (QED) is 0.763. The number of carbonyl (C=O) groups excluding carboxylic acids is 1.